The molecule has 0 aliphatic heterocycles. The van der Waals surface area contributed by atoms with E-state index in [2.05, 4.69) is 37.1 Å². The molecule has 3 unspecified atom stereocenters. The molecule has 0 spiro atoms. The molecule has 2 rings (SSSR count). The third kappa shape index (κ3) is 3.52. The highest BCUT2D eigenvalue weighted by Gasteiger charge is 2.31. The van der Waals surface area contributed by atoms with Gasteiger partial charge in [-0.25, -0.2) is 0 Å². The SMILES string of the molecule is COc1cccc(CN(C)C2CC(C)CCC2C#N)c1. The summed E-state index contributed by atoms with van der Waals surface area (Å²) in [5, 5.41) is 9.35. The zero-order valence-electron chi connectivity index (χ0n) is 12.7. The van der Waals surface area contributed by atoms with E-state index in [4.69, 9.17) is 4.74 Å². The van der Waals surface area contributed by atoms with Crippen molar-refractivity contribution in [3.05, 3.63) is 29.8 Å². The fourth-order valence-corrected chi connectivity index (χ4v) is 3.16. The average Bonchev–Trinajstić information content (AvgIpc) is 2.47. The molecule has 1 aliphatic carbocycles. The van der Waals surface area contributed by atoms with Gasteiger partial charge in [-0.2, -0.15) is 5.26 Å². The molecule has 1 saturated carbocycles. The van der Waals surface area contributed by atoms with Crippen LogP contribution in [0.2, 0.25) is 0 Å². The maximum atomic E-state index is 9.35. The van der Waals surface area contributed by atoms with Crippen molar-refractivity contribution < 1.29 is 4.74 Å². The molecular formula is C17H24N2O. The Bertz CT molecular complexity index is 480. The molecule has 1 aromatic carbocycles. The van der Waals surface area contributed by atoms with Crippen LogP contribution in [0.5, 0.6) is 5.75 Å². The van der Waals surface area contributed by atoms with Crippen LogP contribution in [-0.2, 0) is 6.54 Å². The maximum Gasteiger partial charge on any atom is 0.119 e. The Kier molecular flexibility index (Phi) is 5.03. The van der Waals surface area contributed by atoms with Crippen LogP contribution in [0.3, 0.4) is 0 Å². The van der Waals surface area contributed by atoms with Gasteiger partial charge in [0.05, 0.1) is 19.1 Å². The van der Waals surface area contributed by atoms with Crippen molar-refractivity contribution in [3.63, 3.8) is 0 Å². The first kappa shape index (κ1) is 14.9. The second kappa shape index (κ2) is 6.76. The van der Waals surface area contributed by atoms with Crippen LogP contribution in [0.1, 0.15) is 31.7 Å². The number of methoxy groups -OCH3 is 1. The van der Waals surface area contributed by atoms with Crippen LogP contribution >= 0.6 is 0 Å². The molecule has 3 heteroatoms. The van der Waals surface area contributed by atoms with Gasteiger partial charge in [0.1, 0.15) is 5.75 Å². The van der Waals surface area contributed by atoms with Crippen LogP contribution in [-0.4, -0.2) is 25.1 Å². The predicted octanol–water partition coefficient (Wildman–Crippen LogP) is 3.46. The van der Waals surface area contributed by atoms with Gasteiger partial charge in [0.15, 0.2) is 0 Å². The average molecular weight is 272 g/mol. The summed E-state index contributed by atoms with van der Waals surface area (Å²) < 4.78 is 5.27. The summed E-state index contributed by atoms with van der Waals surface area (Å²) in [5.74, 6) is 1.78. The predicted molar refractivity (Wildman–Crippen MR) is 80.4 cm³/mol. The molecular weight excluding hydrogens is 248 g/mol. The molecule has 1 fully saturated rings. The van der Waals surface area contributed by atoms with E-state index in [-0.39, 0.29) is 5.92 Å². The fraction of sp³-hybridized carbons (Fsp3) is 0.588. The van der Waals surface area contributed by atoms with Gasteiger partial charge < -0.3 is 4.74 Å². The van der Waals surface area contributed by atoms with Crippen LogP contribution in [0, 0.1) is 23.2 Å². The summed E-state index contributed by atoms with van der Waals surface area (Å²) in [6.07, 6.45) is 3.34. The minimum atomic E-state index is 0.168. The Labute approximate surface area is 122 Å². The van der Waals surface area contributed by atoms with Crippen molar-refractivity contribution in [1.82, 2.24) is 4.90 Å². The van der Waals surface area contributed by atoms with Crippen LogP contribution in [0.25, 0.3) is 0 Å². The normalized spacial score (nSPS) is 26.2. The molecule has 1 aromatic rings. The summed E-state index contributed by atoms with van der Waals surface area (Å²) in [6, 6.07) is 11.0. The molecule has 1 aliphatic rings. The van der Waals surface area contributed by atoms with Gasteiger partial charge in [0, 0.05) is 12.6 Å². The van der Waals surface area contributed by atoms with Crippen molar-refractivity contribution in [2.45, 2.75) is 38.8 Å². The van der Waals surface area contributed by atoms with E-state index < -0.39 is 0 Å². The molecule has 3 atom stereocenters. The first-order valence-electron chi connectivity index (χ1n) is 7.36. The van der Waals surface area contributed by atoms with E-state index >= 15 is 0 Å². The van der Waals surface area contributed by atoms with Gasteiger partial charge in [-0.1, -0.05) is 19.1 Å². The highest BCUT2D eigenvalue weighted by Crippen LogP contribution is 2.32. The molecule has 3 nitrogen and oxygen atoms in total. The summed E-state index contributed by atoms with van der Waals surface area (Å²) >= 11 is 0. The molecule has 0 bridgehead atoms. The Morgan fingerprint density at radius 1 is 1.40 bits per heavy atom. The molecule has 0 amide bonds. The summed E-state index contributed by atoms with van der Waals surface area (Å²) in [7, 11) is 3.82. The lowest BCUT2D eigenvalue weighted by molar-refractivity contribution is 0.125. The molecule has 0 aromatic heterocycles. The van der Waals surface area contributed by atoms with Gasteiger partial charge in [-0.05, 0) is 49.9 Å². The minimum absolute atomic E-state index is 0.168. The number of ether oxygens (including phenoxy) is 1. The number of nitrogens with zero attached hydrogens (tertiary/aromatic N) is 2. The van der Waals surface area contributed by atoms with Crippen LogP contribution in [0.15, 0.2) is 24.3 Å². The highest BCUT2D eigenvalue weighted by atomic mass is 16.5. The van der Waals surface area contributed by atoms with Crippen LogP contribution in [0.4, 0.5) is 0 Å². The molecule has 0 saturated heterocycles. The minimum Gasteiger partial charge on any atom is -0.497 e. The zero-order valence-corrected chi connectivity index (χ0v) is 12.7. The van der Waals surface area contributed by atoms with Crippen molar-refractivity contribution in [1.29, 1.82) is 5.26 Å². The highest BCUT2D eigenvalue weighted by molar-refractivity contribution is 5.28. The fourth-order valence-electron chi connectivity index (χ4n) is 3.16. The lowest BCUT2D eigenvalue weighted by Gasteiger charge is -2.37. The summed E-state index contributed by atoms with van der Waals surface area (Å²) in [4.78, 5) is 2.33. The van der Waals surface area contributed by atoms with Crippen molar-refractivity contribution in [2.24, 2.45) is 11.8 Å². The van der Waals surface area contributed by atoms with Crippen molar-refractivity contribution >= 4 is 0 Å². The molecule has 0 N–H and O–H groups in total. The van der Waals surface area contributed by atoms with Crippen LogP contribution < -0.4 is 4.74 Å². The number of benzene rings is 1. The first-order valence-corrected chi connectivity index (χ1v) is 7.36. The van der Waals surface area contributed by atoms with E-state index in [1.165, 1.54) is 12.0 Å². The van der Waals surface area contributed by atoms with Gasteiger partial charge in [-0.3, -0.25) is 4.90 Å². The van der Waals surface area contributed by atoms with E-state index in [9.17, 15) is 5.26 Å². The number of nitriles is 1. The van der Waals surface area contributed by atoms with Gasteiger partial charge >= 0.3 is 0 Å². The van der Waals surface area contributed by atoms with E-state index in [1.54, 1.807) is 7.11 Å². The lowest BCUT2D eigenvalue weighted by Crippen LogP contribution is -2.41. The third-order valence-corrected chi connectivity index (χ3v) is 4.38. The maximum absolute atomic E-state index is 9.35. The zero-order chi connectivity index (χ0) is 14.5. The molecule has 0 heterocycles. The monoisotopic (exact) mass is 272 g/mol. The Morgan fingerprint density at radius 2 is 2.20 bits per heavy atom. The largest absolute Gasteiger partial charge is 0.497 e. The van der Waals surface area contributed by atoms with Gasteiger partial charge in [0.25, 0.3) is 0 Å². The second-order valence-electron chi connectivity index (χ2n) is 5.99. The Hall–Kier alpha value is -1.53. The lowest BCUT2D eigenvalue weighted by atomic mass is 9.79. The molecule has 0 radical (unpaired) electrons. The van der Waals surface area contributed by atoms with E-state index in [0.29, 0.717) is 6.04 Å². The smallest absolute Gasteiger partial charge is 0.119 e. The first-order chi connectivity index (χ1) is 9.63. The Balaban J connectivity index is 2.05. The van der Waals surface area contributed by atoms with Crippen molar-refractivity contribution in [2.75, 3.05) is 14.2 Å². The third-order valence-electron chi connectivity index (χ3n) is 4.38. The molecule has 108 valence electrons. The number of hydrogen-bond acceptors (Lipinski definition) is 3. The van der Waals surface area contributed by atoms with Gasteiger partial charge in [-0.15, -0.1) is 0 Å². The standard InChI is InChI=1S/C17H24N2O/c1-13-7-8-15(11-18)17(9-13)19(2)12-14-5-4-6-16(10-14)20-3/h4-6,10,13,15,17H,7-9,12H2,1-3H3. The second-order valence-corrected chi connectivity index (χ2v) is 5.99. The topological polar surface area (TPSA) is 36.3 Å². The number of hydrogen-bond donors (Lipinski definition) is 0. The van der Waals surface area contributed by atoms with Crippen molar-refractivity contribution in [3.8, 4) is 11.8 Å². The summed E-state index contributed by atoms with van der Waals surface area (Å²) in [5.41, 5.74) is 1.24. The van der Waals surface area contributed by atoms with E-state index in [0.717, 1.165) is 31.1 Å². The van der Waals surface area contributed by atoms with Gasteiger partial charge in [0.2, 0.25) is 0 Å². The quantitative estimate of drug-likeness (QED) is 0.842. The van der Waals surface area contributed by atoms with E-state index in [1.807, 2.05) is 12.1 Å². The molecule has 20 heavy (non-hydrogen) atoms. The Morgan fingerprint density at radius 3 is 2.90 bits per heavy atom. The summed E-state index contributed by atoms with van der Waals surface area (Å²) in [6.45, 7) is 3.16. The number of rotatable bonds is 4.